The van der Waals surface area contributed by atoms with Crippen LogP contribution in [0.2, 0.25) is 0 Å². The smallest absolute Gasteiger partial charge is 0.261 e. The molecular weight excluding hydrogens is 378 g/mol. The highest BCUT2D eigenvalue weighted by atomic mass is 32.2. The topological polar surface area (TPSA) is 94.3 Å². The van der Waals surface area contributed by atoms with Crippen molar-refractivity contribution in [1.82, 2.24) is 10.1 Å². The first-order chi connectivity index (χ1) is 13.5. The van der Waals surface area contributed by atoms with Gasteiger partial charge in [-0.3, -0.25) is 4.72 Å². The molecule has 1 aliphatic carbocycles. The number of aryl methyl sites for hydroxylation is 1. The highest BCUT2D eigenvalue weighted by molar-refractivity contribution is 7.92. The van der Waals surface area contributed by atoms with E-state index in [2.05, 4.69) is 14.9 Å². The summed E-state index contributed by atoms with van der Waals surface area (Å²) in [6.07, 6.45) is 4.71. The largest absolute Gasteiger partial charge is 0.490 e. The van der Waals surface area contributed by atoms with E-state index in [-0.39, 0.29) is 11.0 Å². The van der Waals surface area contributed by atoms with Gasteiger partial charge in [0.1, 0.15) is 5.75 Å². The molecule has 0 atom stereocenters. The van der Waals surface area contributed by atoms with Crippen molar-refractivity contribution >= 4 is 15.7 Å². The quantitative estimate of drug-likeness (QED) is 0.669. The van der Waals surface area contributed by atoms with Crippen molar-refractivity contribution in [3.05, 3.63) is 54.4 Å². The number of ether oxygens (including phenoxy) is 1. The molecular formula is C20H21N3O4S. The second-order valence-corrected chi connectivity index (χ2v) is 8.51. The minimum absolute atomic E-state index is 0.172. The highest BCUT2D eigenvalue weighted by Gasteiger charge is 2.18. The van der Waals surface area contributed by atoms with Crippen LogP contribution in [0.3, 0.4) is 0 Å². The van der Waals surface area contributed by atoms with Crippen molar-refractivity contribution in [2.24, 2.45) is 0 Å². The number of hydrogen-bond acceptors (Lipinski definition) is 6. The molecule has 3 aromatic rings. The molecule has 0 amide bonds. The van der Waals surface area contributed by atoms with Crippen LogP contribution in [-0.2, 0) is 10.0 Å². The van der Waals surface area contributed by atoms with E-state index in [1.54, 1.807) is 55.5 Å². The van der Waals surface area contributed by atoms with Gasteiger partial charge in [0.05, 0.1) is 11.0 Å². The first kappa shape index (κ1) is 18.5. The second kappa shape index (κ2) is 7.63. The van der Waals surface area contributed by atoms with Gasteiger partial charge in [0.15, 0.2) is 5.82 Å². The summed E-state index contributed by atoms with van der Waals surface area (Å²) in [5.74, 6) is 1.55. The van der Waals surface area contributed by atoms with Gasteiger partial charge in [-0.15, -0.1) is 0 Å². The van der Waals surface area contributed by atoms with E-state index >= 15 is 0 Å². The van der Waals surface area contributed by atoms with E-state index in [0.29, 0.717) is 28.7 Å². The zero-order valence-corrected chi connectivity index (χ0v) is 16.3. The lowest BCUT2D eigenvalue weighted by Crippen LogP contribution is -2.13. The average molecular weight is 399 g/mol. The molecule has 8 heteroatoms. The normalized spacial score (nSPS) is 14.9. The van der Waals surface area contributed by atoms with Crippen LogP contribution in [0.4, 0.5) is 5.69 Å². The molecule has 4 rings (SSSR count). The van der Waals surface area contributed by atoms with Crippen molar-refractivity contribution < 1.29 is 17.7 Å². The summed E-state index contributed by atoms with van der Waals surface area (Å²) in [5, 5.41) is 3.75. The van der Waals surface area contributed by atoms with Gasteiger partial charge >= 0.3 is 0 Å². The van der Waals surface area contributed by atoms with Gasteiger partial charge in [0.25, 0.3) is 15.9 Å². The first-order valence-electron chi connectivity index (χ1n) is 9.20. The number of hydrogen-bond donors (Lipinski definition) is 1. The zero-order chi connectivity index (χ0) is 19.6. The summed E-state index contributed by atoms with van der Waals surface area (Å²) >= 11 is 0. The monoisotopic (exact) mass is 399 g/mol. The SMILES string of the molecule is Cc1noc(-c2cccc(NS(=O)(=O)c3ccc(OC4CCCC4)cc3)c2)n1. The molecule has 1 aliphatic rings. The van der Waals surface area contributed by atoms with Crippen LogP contribution in [0.15, 0.2) is 57.9 Å². The molecule has 1 heterocycles. The lowest BCUT2D eigenvalue weighted by atomic mass is 10.2. The number of sulfonamides is 1. The van der Waals surface area contributed by atoms with E-state index in [0.717, 1.165) is 12.8 Å². The van der Waals surface area contributed by atoms with Gasteiger partial charge in [-0.1, -0.05) is 11.2 Å². The third kappa shape index (κ3) is 4.17. The van der Waals surface area contributed by atoms with Crippen molar-refractivity contribution in [3.63, 3.8) is 0 Å². The Hall–Kier alpha value is -2.87. The minimum Gasteiger partial charge on any atom is -0.490 e. The Morgan fingerprint density at radius 3 is 2.54 bits per heavy atom. The van der Waals surface area contributed by atoms with Crippen LogP contribution < -0.4 is 9.46 Å². The number of benzene rings is 2. The predicted octanol–water partition coefficient (Wildman–Crippen LogP) is 4.17. The number of anilines is 1. The molecule has 0 bridgehead atoms. The lowest BCUT2D eigenvalue weighted by molar-refractivity contribution is 0.210. The Balaban J connectivity index is 1.49. The first-order valence-corrected chi connectivity index (χ1v) is 10.7. The molecule has 1 saturated carbocycles. The third-order valence-electron chi connectivity index (χ3n) is 4.63. The fourth-order valence-corrected chi connectivity index (χ4v) is 4.29. The molecule has 2 aromatic carbocycles. The van der Waals surface area contributed by atoms with Crippen LogP contribution in [-0.4, -0.2) is 24.7 Å². The van der Waals surface area contributed by atoms with Gasteiger partial charge in [0, 0.05) is 11.3 Å². The summed E-state index contributed by atoms with van der Waals surface area (Å²) < 4.78 is 39.0. The molecule has 0 spiro atoms. The molecule has 7 nitrogen and oxygen atoms in total. The summed E-state index contributed by atoms with van der Waals surface area (Å²) in [7, 11) is -3.72. The Morgan fingerprint density at radius 2 is 1.86 bits per heavy atom. The summed E-state index contributed by atoms with van der Waals surface area (Å²) in [6, 6.07) is 13.3. The maximum atomic E-state index is 12.7. The Bertz CT molecular complexity index is 1060. The molecule has 0 saturated heterocycles. The second-order valence-electron chi connectivity index (χ2n) is 6.83. The van der Waals surface area contributed by atoms with Gasteiger partial charge in [-0.25, -0.2) is 8.42 Å². The highest BCUT2D eigenvalue weighted by Crippen LogP contribution is 2.26. The molecule has 0 radical (unpaired) electrons. The van der Waals surface area contributed by atoms with E-state index in [9.17, 15) is 8.42 Å². The predicted molar refractivity (Wildman–Crippen MR) is 105 cm³/mol. The van der Waals surface area contributed by atoms with Crippen LogP contribution in [0.5, 0.6) is 5.75 Å². The van der Waals surface area contributed by atoms with Gasteiger partial charge < -0.3 is 9.26 Å². The van der Waals surface area contributed by atoms with Gasteiger partial charge in [0.2, 0.25) is 0 Å². The Labute approximate surface area is 163 Å². The maximum absolute atomic E-state index is 12.7. The molecule has 146 valence electrons. The standard InChI is InChI=1S/C20H21N3O4S/c1-14-21-20(27-22-14)15-5-4-6-16(13-15)23-28(24,25)19-11-9-18(10-12-19)26-17-7-2-3-8-17/h4-6,9-13,17,23H,2-3,7-8H2,1H3. The maximum Gasteiger partial charge on any atom is 0.261 e. The van der Waals surface area contributed by atoms with E-state index in [1.165, 1.54) is 12.8 Å². The molecule has 1 N–H and O–H groups in total. The molecule has 1 aromatic heterocycles. The fraction of sp³-hybridized carbons (Fsp3) is 0.300. The number of nitrogens with zero attached hydrogens (tertiary/aromatic N) is 2. The third-order valence-corrected chi connectivity index (χ3v) is 6.03. The van der Waals surface area contributed by atoms with Crippen LogP contribution >= 0.6 is 0 Å². The van der Waals surface area contributed by atoms with Crippen LogP contribution in [0.1, 0.15) is 31.5 Å². The number of nitrogens with one attached hydrogen (secondary N) is 1. The molecule has 1 fully saturated rings. The summed E-state index contributed by atoms with van der Waals surface area (Å²) in [4.78, 5) is 4.33. The summed E-state index contributed by atoms with van der Waals surface area (Å²) in [5.41, 5.74) is 1.06. The molecule has 0 unspecified atom stereocenters. The average Bonchev–Trinajstić information content (AvgIpc) is 3.34. The van der Waals surface area contributed by atoms with Crippen molar-refractivity contribution in [1.29, 1.82) is 0 Å². The Kier molecular flexibility index (Phi) is 5.04. The lowest BCUT2D eigenvalue weighted by Gasteiger charge is -2.13. The number of rotatable bonds is 6. The van der Waals surface area contributed by atoms with E-state index in [4.69, 9.17) is 9.26 Å². The van der Waals surface area contributed by atoms with E-state index < -0.39 is 10.0 Å². The van der Waals surface area contributed by atoms with Crippen molar-refractivity contribution in [3.8, 4) is 17.2 Å². The summed E-state index contributed by atoms with van der Waals surface area (Å²) in [6.45, 7) is 1.72. The fourth-order valence-electron chi connectivity index (χ4n) is 3.24. The number of aromatic nitrogens is 2. The van der Waals surface area contributed by atoms with Gasteiger partial charge in [-0.05, 0) is 75.1 Å². The molecule has 0 aliphatic heterocycles. The minimum atomic E-state index is -3.72. The van der Waals surface area contributed by atoms with Crippen molar-refractivity contribution in [2.45, 2.75) is 43.6 Å². The molecule has 28 heavy (non-hydrogen) atoms. The van der Waals surface area contributed by atoms with Crippen LogP contribution in [0.25, 0.3) is 11.5 Å². The van der Waals surface area contributed by atoms with Gasteiger partial charge in [-0.2, -0.15) is 4.98 Å². The Morgan fingerprint density at radius 1 is 1.11 bits per heavy atom. The van der Waals surface area contributed by atoms with E-state index in [1.807, 2.05) is 0 Å². The van der Waals surface area contributed by atoms with Crippen LogP contribution in [0, 0.1) is 6.92 Å². The van der Waals surface area contributed by atoms with Crippen molar-refractivity contribution in [2.75, 3.05) is 4.72 Å². The zero-order valence-electron chi connectivity index (χ0n) is 15.5.